The van der Waals surface area contributed by atoms with Gasteiger partial charge in [0.25, 0.3) is 10.0 Å². The third-order valence-electron chi connectivity index (χ3n) is 3.01. The normalized spacial score (nSPS) is 24.9. The summed E-state index contributed by atoms with van der Waals surface area (Å²) in [6.45, 7) is -0.171. The molecule has 0 aliphatic carbocycles. The molecule has 120 valence electrons. The zero-order chi connectivity index (χ0) is 18.3. The van der Waals surface area contributed by atoms with Crippen LogP contribution in [0, 0.1) is 0 Å². The van der Waals surface area contributed by atoms with Gasteiger partial charge in [-0.2, -0.15) is 4.31 Å². The fourth-order valence-electron chi connectivity index (χ4n) is 2.02. The summed E-state index contributed by atoms with van der Waals surface area (Å²) in [4.78, 5) is 0. The largest absolute Gasteiger partial charge is 0.385 e. The molecule has 1 atom stereocenters. The van der Waals surface area contributed by atoms with Crippen molar-refractivity contribution in [3.63, 3.8) is 0 Å². The van der Waals surface area contributed by atoms with Crippen molar-refractivity contribution in [1.29, 1.82) is 0 Å². The predicted molar refractivity (Wildman–Crippen MR) is 77.9 cm³/mol. The number of nitrogens with zero attached hydrogens (tertiary/aromatic N) is 1. The number of hydrogen-bond donors (Lipinski definition) is 2. The molecule has 8 nitrogen and oxygen atoms in total. The van der Waals surface area contributed by atoms with Gasteiger partial charge < -0.3 is 10.5 Å². The van der Waals surface area contributed by atoms with Gasteiger partial charge in [0.2, 0.25) is 10.0 Å². The van der Waals surface area contributed by atoms with E-state index in [0.717, 1.165) is 4.31 Å². The standard InChI is InChI=1S/C10H17N3O5S3/c1-18-4-2-3-13-6-8(11)7-5-9(20(12,14)15)19-10(7)21(13,16)17/h5,8H,2-4,6,11H2,1H3,(H2,12,14,15)/t8-/m1/s1/i1+1D3. The fraction of sp³-hybridized carbons (Fsp3) is 0.600. The van der Waals surface area contributed by atoms with E-state index in [-0.39, 0.29) is 40.1 Å². The smallest absolute Gasteiger partial charge is 0.252 e. The van der Waals surface area contributed by atoms with Crippen molar-refractivity contribution < 1.29 is 25.7 Å². The molecule has 21 heavy (non-hydrogen) atoms. The minimum Gasteiger partial charge on any atom is -0.385 e. The van der Waals surface area contributed by atoms with Crippen LogP contribution in [0.15, 0.2) is 14.5 Å². The molecule has 0 radical (unpaired) electrons. The van der Waals surface area contributed by atoms with Crippen LogP contribution in [-0.2, 0) is 24.8 Å². The molecule has 0 amide bonds. The summed E-state index contributed by atoms with van der Waals surface area (Å²) in [5.74, 6) is 0. The van der Waals surface area contributed by atoms with Crippen LogP contribution in [-0.4, -0.2) is 47.9 Å². The number of rotatable bonds is 5. The maximum absolute atomic E-state index is 12.6. The summed E-state index contributed by atoms with van der Waals surface area (Å²) in [6, 6.07) is 0.492. The molecule has 4 N–H and O–H groups in total. The number of fused-ring (bicyclic) bond motifs is 1. The number of thiophene rings is 1. The lowest BCUT2D eigenvalue weighted by Crippen LogP contribution is -2.42. The Morgan fingerprint density at radius 2 is 2.33 bits per heavy atom. The van der Waals surface area contributed by atoms with Gasteiger partial charge in [0.05, 0.1) is 4.11 Å². The zero-order valence-electron chi connectivity index (χ0n) is 13.9. The predicted octanol–water partition coefficient (Wildman–Crippen LogP) is -0.564. The van der Waals surface area contributed by atoms with Crippen molar-refractivity contribution >= 4 is 31.4 Å². The summed E-state index contributed by atoms with van der Waals surface area (Å²) < 4.78 is 74.0. The lowest BCUT2D eigenvalue weighted by Gasteiger charge is -2.29. The van der Waals surface area contributed by atoms with Gasteiger partial charge in [0, 0.05) is 38.3 Å². The second-order valence-electron chi connectivity index (χ2n) is 4.52. The third-order valence-corrected chi connectivity index (χ3v) is 7.97. The molecule has 1 aliphatic heterocycles. The van der Waals surface area contributed by atoms with Gasteiger partial charge in [-0.05, 0) is 12.5 Å². The van der Waals surface area contributed by atoms with Crippen LogP contribution in [0.1, 0.15) is 22.1 Å². The number of sulfonamides is 2. The molecule has 1 aliphatic rings. The first-order valence-electron chi connectivity index (χ1n) is 7.38. The monoisotopic (exact) mass is 359 g/mol. The Morgan fingerprint density at radius 1 is 1.62 bits per heavy atom. The van der Waals surface area contributed by atoms with Gasteiger partial charge in [-0.15, -0.1) is 11.3 Å². The second kappa shape index (κ2) is 5.91. The number of methoxy groups -OCH3 is 1. The van der Waals surface area contributed by atoms with E-state index in [4.69, 9.17) is 15.0 Å². The van der Waals surface area contributed by atoms with Crippen molar-refractivity contribution in [2.45, 2.75) is 20.9 Å². The highest BCUT2D eigenvalue weighted by molar-refractivity contribution is 7.94. The van der Waals surface area contributed by atoms with Crippen LogP contribution in [0.5, 0.6) is 0 Å². The molecule has 2 rings (SSSR count). The quantitative estimate of drug-likeness (QED) is 0.535. The summed E-state index contributed by atoms with van der Waals surface area (Å²) in [5, 5.41) is 5.04. The number of hydrogen-bond acceptors (Lipinski definition) is 7. The minimum atomic E-state index is -4.03. The van der Waals surface area contributed by atoms with Crippen molar-refractivity contribution in [2.75, 3.05) is 26.7 Å². The average Bonchev–Trinajstić information content (AvgIpc) is 2.85. The van der Waals surface area contributed by atoms with Gasteiger partial charge in [-0.25, -0.2) is 22.0 Å². The second-order valence-corrected chi connectivity index (χ2v) is 9.50. The Labute approximate surface area is 132 Å². The Balaban J connectivity index is 2.20. The third kappa shape index (κ3) is 3.28. The molecular weight excluding hydrogens is 339 g/mol. The molecule has 0 unspecified atom stereocenters. The summed E-state index contributed by atoms with van der Waals surface area (Å²) in [6.07, 6.45) is 0.160. The molecule has 1 aromatic rings. The highest BCUT2D eigenvalue weighted by Crippen LogP contribution is 2.38. The minimum absolute atomic E-state index is 0.00810. The van der Waals surface area contributed by atoms with Crippen molar-refractivity contribution in [3.05, 3.63) is 11.6 Å². The van der Waals surface area contributed by atoms with Crippen LogP contribution in [0.25, 0.3) is 0 Å². The zero-order valence-corrected chi connectivity index (χ0v) is 13.3. The molecule has 0 fully saturated rings. The van der Waals surface area contributed by atoms with Gasteiger partial charge in [0.15, 0.2) is 0 Å². The van der Waals surface area contributed by atoms with Gasteiger partial charge >= 0.3 is 0 Å². The topological polar surface area (TPSA) is 133 Å². The Kier molecular flexibility index (Phi) is 3.64. The summed E-state index contributed by atoms with van der Waals surface area (Å²) in [5.41, 5.74) is 6.15. The van der Waals surface area contributed by atoms with Crippen molar-refractivity contribution in [1.82, 2.24) is 4.31 Å². The summed E-state index contributed by atoms with van der Waals surface area (Å²) in [7, 11) is -10.5. The number of primary sulfonamides is 1. The van der Waals surface area contributed by atoms with E-state index in [2.05, 4.69) is 4.74 Å². The lowest BCUT2D eigenvalue weighted by molar-refractivity contribution is 0.186. The lowest BCUT2D eigenvalue weighted by atomic mass is 10.1. The van der Waals surface area contributed by atoms with Crippen LogP contribution < -0.4 is 10.9 Å². The molecule has 2 heterocycles. The maximum Gasteiger partial charge on any atom is 0.252 e. The fourth-order valence-corrected chi connectivity index (χ4v) is 6.36. The van der Waals surface area contributed by atoms with E-state index in [1.165, 1.54) is 6.07 Å². The molecule has 0 spiro atoms. The van der Waals surface area contributed by atoms with Crippen LogP contribution in [0.3, 0.4) is 0 Å². The highest BCUT2D eigenvalue weighted by Gasteiger charge is 2.38. The first kappa shape index (κ1) is 12.9. The Bertz CT molecular complexity index is 819. The molecule has 0 saturated carbocycles. The number of ether oxygens (including phenoxy) is 1. The van der Waals surface area contributed by atoms with Crippen LogP contribution in [0.4, 0.5) is 0 Å². The van der Waals surface area contributed by atoms with Crippen LogP contribution in [0.2, 0.25) is 0 Å². The first-order chi connectivity index (χ1) is 10.8. The summed E-state index contributed by atoms with van der Waals surface area (Å²) >= 11 is 0.556. The van der Waals surface area contributed by atoms with E-state index in [1.807, 2.05) is 0 Å². The average molecular weight is 359 g/mol. The van der Waals surface area contributed by atoms with E-state index in [1.54, 1.807) is 0 Å². The SMILES string of the molecule is [2H][13C]([2H])([2H])OCCCN1C[C@@H](N)c2cc(S(N)(=O)=O)sc2S1(=O)=O. The van der Waals surface area contributed by atoms with Crippen molar-refractivity contribution in [2.24, 2.45) is 10.9 Å². The molecular formula is C10H17N3O5S3. The van der Waals surface area contributed by atoms with E-state index in [9.17, 15) is 16.8 Å². The molecule has 0 aromatic carbocycles. The van der Waals surface area contributed by atoms with Crippen molar-refractivity contribution in [3.8, 4) is 0 Å². The maximum atomic E-state index is 12.6. The molecule has 0 saturated heterocycles. The molecule has 1 aromatic heterocycles. The Morgan fingerprint density at radius 3 is 2.95 bits per heavy atom. The molecule has 0 bridgehead atoms. The molecule has 11 heteroatoms. The van der Waals surface area contributed by atoms with Gasteiger partial charge in [0.1, 0.15) is 8.42 Å². The van der Waals surface area contributed by atoms with E-state index < -0.39 is 33.1 Å². The van der Waals surface area contributed by atoms with E-state index >= 15 is 0 Å². The first-order valence-corrected chi connectivity index (χ1v) is 9.69. The van der Waals surface area contributed by atoms with Crippen LogP contribution >= 0.6 is 11.3 Å². The van der Waals surface area contributed by atoms with E-state index in [0.29, 0.717) is 11.3 Å². The van der Waals surface area contributed by atoms with Gasteiger partial charge in [-0.1, -0.05) is 0 Å². The highest BCUT2D eigenvalue weighted by atomic mass is 32.3. The van der Waals surface area contributed by atoms with Gasteiger partial charge in [-0.3, -0.25) is 0 Å². The number of nitrogens with two attached hydrogens (primary N) is 2. The Hall–Kier alpha value is -0.560.